The van der Waals surface area contributed by atoms with Crippen LogP contribution in [0.5, 0.6) is 0 Å². The van der Waals surface area contributed by atoms with Gasteiger partial charge in [-0.1, -0.05) is 53.7 Å². The molecule has 6 heteroatoms. The first-order valence-corrected chi connectivity index (χ1v) is 9.27. The van der Waals surface area contributed by atoms with Gasteiger partial charge in [-0.25, -0.2) is 0 Å². The van der Waals surface area contributed by atoms with Gasteiger partial charge in [0.2, 0.25) is 0 Å². The monoisotopic (exact) mass is 382 g/mol. The van der Waals surface area contributed by atoms with Gasteiger partial charge in [0.15, 0.2) is 5.82 Å². The maximum absolute atomic E-state index is 6.41. The van der Waals surface area contributed by atoms with Crippen molar-refractivity contribution in [2.45, 2.75) is 37.3 Å². The average Bonchev–Trinajstić information content (AvgIpc) is 3.30. The van der Waals surface area contributed by atoms with Gasteiger partial charge in [0, 0.05) is 12.2 Å². The van der Waals surface area contributed by atoms with E-state index in [9.17, 15) is 0 Å². The van der Waals surface area contributed by atoms with Crippen LogP contribution in [0.4, 0.5) is 5.69 Å². The lowest BCUT2D eigenvalue weighted by atomic mass is 9.77. The second-order valence-corrected chi connectivity index (χ2v) is 7.35. The lowest BCUT2D eigenvalue weighted by Gasteiger charge is -2.34. The fraction of sp³-hybridized carbons (Fsp3) is 0.333. The third-order valence-electron chi connectivity index (χ3n) is 5.72. The van der Waals surface area contributed by atoms with Crippen LogP contribution in [0.1, 0.15) is 48.1 Å². The van der Waals surface area contributed by atoms with E-state index in [4.69, 9.17) is 15.2 Å². The Balaban J connectivity index is 0.00000180. The van der Waals surface area contributed by atoms with Crippen LogP contribution in [0.15, 0.2) is 59.1 Å². The second kappa shape index (κ2) is 6.98. The molecule has 140 valence electrons. The van der Waals surface area contributed by atoms with Crippen LogP contribution in [-0.4, -0.2) is 16.7 Å². The van der Waals surface area contributed by atoms with Gasteiger partial charge in [0.05, 0.1) is 5.54 Å². The Kier molecular flexibility index (Phi) is 4.66. The Morgan fingerprint density at radius 3 is 2.52 bits per heavy atom. The molecule has 1 aliphatic carbocycles. The molecule has 0 bridgehead atoms. The number of nitrogens with zero attached hydrogens (tertiary/aromatic N) is 3. The number of rotatable bonds is 4. The van der Waals surface area contributed by atoms with E-state index >= 15 is 0 Å². The number of hydrogen-bond donors (Lipinski definition) is 1. The zero-order valence-electron chi connectivity index (χ0n) is 15.0. The smallest absolute Gasteiger partial charge is 0.254 e. The average molecular weight is 383 g/mol. The van der Waals surface area contributed by atoms with Crippen molar-refractivity contribution in [1.82, 2.24) is 10.1 Å². The molecule has 2 N–H and O–H groups in total. The van der Waals surface area contributed by atoms with Crippen LogP contribution in [0.25, 0.3) is 0 Å². The molecule has 1 unspecified atom stereocenters. The number of para-hydroxylation sites is 1. The summed E-state index contributed by atoms with van der Waals surface area (Å²) in [6.45, 7) is 0.935. The molecule has 1 aliphatic heterocycles. The SMILES string of the molecule is Cl.NC1(c2noc(C(c3ccccc3)N3CCc4ccccc43)n2)CCC1. The van der Waals surface area contributed by atoms with E-state index < -0.39 is 5.54 Å². The van der Waals surface area contributed by atoms with Crippen LogP contribution < -0.4 is 10.6 Å². The molecule has 0 amide bonds. The van der Waals surface area contributed by atoms with Crippen LogP contribution in [0.2, 0.25) is 0 Å². The summed E-state index contributed by atoms with van der Waals surface area (Å²) in [4.78, 5) is 7.12. The van der Waals surface area contributed by atoms with Gasteiger partial charge in [-0.05, 0) is 42.9 Å². The van der Waals surface area contributed by atoms with E-state index in [1.807, 2.05) is 6.07 Å². The Hall–Kier alpha value is -2.37. The van der Waals surface area contributed by atoms with Gasteiger partial charge in [0.25, 0.3) is 5.89 Å². The van der Waals surface area contributed by atoms with E-state index in [-0.39, 0.29) is 18.4 Å². The number of fused-ring (bicyclic) bond motifs is 1. The number of benzene rings is 2. The van der Waals surface area contributed by atoms with Crippen LogP contribution in [0, 0.1) is 0 Å². The fourth-order valence-electron chi connectivity index (χ4n) is 4.05. The first kappa shape index (κ1) is 18.0. The molecule has 0 saturated heterocycles. The molecule has 2 aromatic carbocycles. The molecule has 2 heterocycles. The van der Waals surface area contributed by atoms with E-state index in [0.717, 1.165) is 37.8 Å². The molecule has 0 spiro atoms. The number of nitrogens with two attached hydrogens (primary N) is 1. The quantitative estimate of drug-likeness (QED) is 0.739. The topological polar surface area (TPSA) is 68.2 Å². The predicted octanol–water partition coefficient (Wildman–Crippen LogP) is 3.98. The largest absolute Gasteiger partial charge is 0.355 e. The molecule has 5 nitrogen and oxygen atoms in total. The van der Waals surface area contributed by atoms with Gasteiger partial charge in [-0.2, -0.15) is 4.98 Å². The molecule has 1 fully saturated rings. The van der Waals surface area contributed by atoms with Crippen molar-refractivity contribution in [2.75, 3.05) is 11.4 Å². The third kappa shape index (κ3) is 3.01. The van der Waals surface area contributed by atoms with Crippen molar-refractivity contribution in [2.24, 2.45) is 5.73 Å². The highest BCUT2D eigenvalue weighted by Crippen LogP contribution is 2.40. The third-order valence-corrected chi connectivity index (χ3v) is 5.72. The van der Waals surface area contributed by atoms with Crippen molar-refractivity contribution >= 4 is 18.1 Å². The molecule has 1 aromatic heterocycles. The predicted molar refractivity (Wildman–Crippen MR) is 107 cm³/mol. The lowest BCUT2D eigenvalue weighted by molar-refractivity contribution is 0.228. The highest BCUT2D eigenvalue weighted by atomic mass is 35.5. The Labute approximate surface area is 165 Å². The summed E-state index contributed by atoms with van der Waals surface area (Å²) >= 11 is 0. The van der Waals surface area contributed by atoms with E-state index in [1.165, 1.54) is 11.3 Å². The molecule has 0 radical (unpaired) electrons. The van der Waals surface area contributed by atoms with Crippen molar-refractivity contribution in [1.29, 1.82) is 0 Å². The summed E-state index contributed by atoms with van der Waals surface area (Å²) in [7, 11) is 0. The van der Waals surface area contributed by atoms with Gasteiger partial charge < -0.3 is 15.2 Å². The molecule has 1 atom stereocenters. The normalized spacial score (nSPS) is 18.3. The van der Waals surface area contributed by atoms with Crippen molar-refractivity contribution in [3.05, 3.63) is 77.4 Å². The maximum Gasteiger partial charge on any atom is 0.254 e. The van der Waals surface area contributed by atoms with Crippen molar-refractivity contribution in [3.8, 4) is 0 Å². The zero-order chi connectivity index (χ0) is 17.6. The Morgan fingerprint density at radius 1 is 1.04 bits per heavy atom. The minimum atomic E-state index is -0.411. The van der Waals surface area contributed by atoms with Crippen LogP contribution >= 0.6 is 12.4 Å². The maximum atomic E-state index is 6.41. The summed E-state index contributed by atoms with van der Waals surface area (Å²) in [5.41, 5.74) is 9.75. The second-order valence-electron chi connectivity index (χ2n) is 7.35. The number of aromatic nitrogens is 2. The molecule has 2 aliphatic rings. The standard InChI is InChI=1S/C21H22N4O.ClH/c22-21(12-6-13-21)20-23-19(26-24-20)18(16-8-2-1-3-9-16)25-14-11-15-7-4-5-10-17(15)25;/h1-5,7-10,18H,6,11-14,22H2;1H. The van der Waals surface area contributed by atoms with Crippen LogP contribution in [0.3, 0.4) is 0 Å². The number of anilines is 1. The van der Waals surface area contributed by atoms with Gasteiger partial charge in [-0.15, -0.1) is 12.4 Å². The van der Waals surface area contributed by atoms with E-state index in [0.29, 0.717) is 11.7 Å². The summed E-state index contributed by atoms with van der Waals surface area (Å²) in [5.74, 6) is 1.27. The number of halogens is 1. The summed E-state index contributed by atoms with van der Waals surface area (Å²) in [5, 5.41) is 4.25. The van der Waals surface area contributed by atoms with Gasteiger partial charge >= 0.3 is 0 Å². The van der Waals surface area contributed by atoms with Crippen molar-refractivity contribution in [3.63, 3.8) is 0 Å². The first-order valence-electron chi connectivity index (χ1n) is 9.27. The molecular formula is C21H23ClN4O. The van der Waals surface area contributed by atoms with E-state index in [1.54, 1.807) is 0 Å². The molecule has 3 aromatic rings. The molecular weight excluding hydrogens is 360 g/mol. The molecule has 5 rings (SSSR count). The first-order chi connectivity index (χ1) is 12.7. The Bertz CT molecular complexity index is 923. The molecule has 1 saturated carbocycles. The highest BCUT2D eigenvalue weighted by molar-refractivity contribution is 5.85. The fourth-order valence-corrected chi connectivity index (χ4v) is 4.05. The van der Waals surface area contributed by atoms with E-state index in [2.05, 4.69) is 58.6 Å². The highest BCUT2D eigenvalue weighted by Gasteiger charge is 2.40. The summed E-state index contributed by atoms with van der Waals surface area (Å²) < 4.78 is 5.75. The van der Waals surface area contributed by atoms with Gasteiger partial charge in [-0.3, -0.25) is 0 Å². The molecule has 27 heavy (non-hydrogen) atoms. The summed E-state index contributed by atoms with van der Waals surface area (Å²) in [6, 6.07) is 18.8. The number of hydrogen-bond acceptors (Lipinski definition) is 5. The summed E-state index contributed by atoms with van der Waals surface area (Å²) in [6.07, 6.45) is 4.01. The van der Waals surface area contributed by atoms with Crippen LogP contribution in [-0.2, 0) is 12.0 Å². The Morgan fingerprint density at radius 2 is 1.78 bits per heavy atom. The van der Waals surface area contributed by atoms with Crippen molar-refractivity contribution < 1.29 is 4.52 Å². The zero-order valence-corrected chi connectivity index (χ0v) is 15.9. The minimum Gasteiger partial charge on any atom is -0.355 e. The lowest BCUT2D eigenvalue weighted by Crippen LogP contribution is -2.44. The minimum absolute atomic E-state index is 0. The van der Waals surface area contributed by atoms with Gasteiger partial charge in [0.1, 0.15) is 6.04 Å².